The Labute approximate surface area is 120 Å². The average Bonchev–Trinajstić information content (AvgIpc) is 2.93. The highest BCUT2D eigenvalue weighted by molar-refractivity contribution is 5.79. The van der Waals surface area contributed by atoms with Gasteiger partial charge in [0.25, 0.3) is 0 Å². The summed E-state index contributed by atoms with van der Waals surface area (Å²) in [6.07, 6.45) is 2.66. The first-order valence-electron chi connectivity index (χ1n) is 7.36. The van der Waals surface area contributed by atoms with E-state index >= 15 is 0 Å². The van der Waals surface area contributed by atoms with E-state index < -0.39 is 6.10 Å². The van der Waals surface area contributed by atoms with Crippen molar-refractivity contribution < 1.29 is 9.90 Å². The topological polar surface area (TPSA) is 75.3 Å². The van der Waals surface area contributed by atoms with Crippen LogP contribution >= 0.6 is 0 Å². The van der Waals surface area contributed by atoms with Crippen molar-refractivity contribution in [3.8, 4) is 0 Å². The van der Waals surface area contributed by atoms with Crippen molar-refractivity contribution in [1.82, 2.24) is 5.32 Å². The van der Waals surface area contributed by atoms with Crippen LogP contribution in [-0.2, 0) is 11.3 Å². The maximum Gasteiger partial charge on any atom is 0.223 e. The molecule has 0 spiro atoms. The van der Waals surface area contributed by atoms with Gasteiger partial charge < -0.3 is 16.2 Å². The van der Waals surface area contributed by atoms with Gasteiger partial charge in [0.1, 0.15) is 0 Å². The Balaban J connectivity index is 1.87. The fourth-order valence-corrected chi connectivity index (χ4v) is 2.90. The molecule has 0 bridgehead atoms. The first-order valence-corrected chi connectivity index (χ1v) is 7.36. The van der Waals surface area contributed by atoms with Gasteiger partial charge in [0.05, 0.1) is 6.10 Å². The summed E-state index contributed by atoms with van der Waals surface area (Å²) in [6, 6.07) is 7.67. The Morgan fingerprint density at radius 3 is 2.70 bits per heavy atom. The van der Waals surface area contributed by atoms with Crippen LogP contribution in [0.2, 0.25) is 0 Å². The standard InChI is InChI=1S/C16H24N2O2/c1-11(19)13-7-5-12(6-8-13)10-18-16(20)15-4-2-3-14(15)9-17/h5-8,11,14-15,19H,2-4,9-10,17H2,1H3,(H,18,20)/t11?,14-,15-/m1/s1. The lowest BCUT2D eigenvalue weighted by Crippen LogP contribution is -2.34. The molecule has 1 saturated carbocycles. The predicted octanol–water partition coefficient (Wildman–Crippen LogP) is 1.73. The molecule has 1 aliphatic rings. The summed E-state index contributed by atoms with van der Waals surface area (Å²) in [4.78, 5) is 12.2. The first kappa shape index (κ1) is 15.0. The number of benzene rings is 1. The largest absolute Gasteiger partial charge is 0.389 e. The molecule has 1 amide bonds. The van der Waals surface area contributed by atoms with E-state index in [9.17, 15) is 9.90 Å². The molecule has 4 N–H and O–H groups in total. The van der Waals surface area contributed by atoms with Crippen LogP contribution in [0, 0.1) is 11.8 Å². The zero-order valence-corrected chi connectivity index (χ0v) is 12.0. The number of rotatable bonds is 5. The van der Waals surface area contributed by atoms with Crippen molar-refractivity contribution in [3.05, 3.63) is 35.4 Å². The molecule has 0 radical (unpaired) electrons. The Morgan fingerprint density at radius 1 is 1.40 bits per heavy atom. The molecule has 1 aromatic rings. The minimum Gasteiger partial charge on any atom is -0.389 e. The van der Waals surface area contributed by atoms with Crippen molar-refractivity contribution in [2.45, 2.75) is 38.8 Å². The fraction of sp³-hybridized carbons (Fsp3) is 0.562. The highest BCUT2D eigenvalue weighted by atomic mass is 16.3. The smallest absolute Gasteiger partial charge is 0.223 e. The molecule has 0 aliphatic heterocycles. The van der Waals surface area contributed by atoms with E-state index in [1.54, 1.807) is 6.92 Å². The van der Waals surface area contributed by atoms with Gasteiger partial charge in [0.15, 0.2) is 0 Å². The molecule has 3 atom stereocenters. The Kier molecular flexibility index (Phi) is 5.15. The molecular weight excluding hydrogens is 252 g/mol. The molecule has 0 heterocycles. The normalized spacial score (nSPS) is 23.6. The molecule has 0 aromatic heterocycles. The van der Waals surface area contributed by atoms with Gasteiger partial charge in [-0.25, -0.2) is 0 Å². The van der Waals surface area contributed by atoms with Gasteiger partial charge in [0, 0.05) is 12.5 Å². The van der Waals surface area contributed by atoms with Crippen molar-refractivity contribution in [2.24, 2.45) is 17.6 Å². The Morgan fingerprint density at radius 2 is 2.10 bits per heavy atom. The number of carbonyl (C=O) groups is 1. The van der Waals surface area contributed by atoms with E-state index in [4.69, 9.17) is 5.73 Å². The van der Waals surface area contributed by atoms with Crippen LogP contribution in [0.25, 0.3) is 0 Å². The average molecular weight is 276 g/mol. The second-order valence-electron chi connectivity index (χ2n) is 5.67. The van der Waals surface area contributed by atoms with Crippen LogP contribution < -0.4 is 11.1 Å². The van der Waals surface area contributed by atoms with Crippen molar-refractivity contribution >= 4 is 5.91 Å². The number of nitrogens with one attached hydrogen (secondary N) is 1. The minimum atomic E-state index is -0.456. The monoisotopic (exact) mass is 276 g/mol. The van der Waals surface area contributed by atoms with E-state index in [0.717, 1.165) is 30.4 Å². The van der Waals surface area contributed by atoms with E-state index in [1.165, 1.54) is 0 Å². The third kappa shape index (κ3) is 3.58. The van der Waals surface area contributed by atoms with Gasteiger partial charge in [-0.1, -0.05) is 30.7 Å². The number of aliphatic hydroxyl groups excluding tert-OH is 1. The Bertz CT molecular complexity index is 442. The molecule has 1 unspecified atom stereocenters. The summed E-state index contributed by atoms with van der Waals surface area (Å²) < 4.78 is 0. The van der Waals surface area contributed by atoms with E-state index in [-0.39, 0.29) is 11.8 Å². The second kappa shape index (κ2) is 6.86. The summed E-state index contributed by atoms with van der Waals surface area (Å²) in [5.74, 6) is 0.543. The highest BCUT2D eigenvalue weighted by Crippen LogP contribution is 2.30. The lowest BCUT2D eigenvalue weighted by Gasteiger charge is -2.17. The molecule has 0 saturated heterocycles. The van der Waals surface area contributed by atoms with E-state index in [2.05, 4.69) is 5.32 Å². The molecule has 1 aromatic carbocycles. The van der Waals surface area contributed by atoms with Crippen molar-refractivity contribution in [3.63, 3.8) is 0 Å². The Hall–Kier alpha value is -1.39. The van der Waals surface area contributed by atoms with Gasteiger partial charge in [-0.05, 0) is 43.4 Å². The molecule has 2 rings (SSSR count). The van der Waals surface area contributed by atoms with Gasteiger partial charge in [-0.15, -0.1) is 0 Å². The summed E-state index contributed by atoms with van der Waals surface area (Å²) in [6.45, 7) is 2.87. The number of nitrogens with two attached hydrogens (primary N) is 1. The zero-order chi connectivity index (χ0) is 14.5. The first-order chi connectivity index (χ1) is 9.61. The van der Waals surface area contributed by atoms with Crippen LogP contribution in [0.15, 0.2) is 24.3 Å². The minimum absolute atomic E-state index is 0.0803. The highest BCUT2D eigenvalue weighted by Gasteiger charge is 2.31. The summed E-state index contributed by atoms with van der Waals surface area (Å²) >= 11 is 0. The molecule has 4 nitrogen and oxygen atoms in total. The number of carbonyl (C=O) groups excluding carboxylic acids is 1. The molecular formula is C16H24N2O2. The summed E-state index contributed by atoms with van der Waals surface area (Å²) in [7, 11) is 0. The predicted molar refractivity (Wildman–Crippen MR) is 78.8 cm³/mol. The third-order valence-electron chi connectivity index (χ3n) is 4.23. The summed E-state index contributed by atoms with van der Waals surface area (Å²) in [5.41, 5.74) is 7.64. The van der Waals surface area contributed by atoms with Gasteiger partial charge >= 0.3 is 0 Å². The second-order valence-corrected chi connectivity index (χ2v) is 5.67. The van der Waals surface area contributed by atoms with Crippen molar-refractivity contribution in [1.29, 1.82) is 0 Å². The maximum atomic E-state index is 12.2. The number of aliphatic hydroxyl groups is 1. The molecule has 4 heteroatoms. The number of hydrogen-bond donors (Lipinski definition) is 3. The maximum absolute atomic E-state index is 12.2. The molecule has 110 valence electrons. The zero-order valence-electron chi connectivity index (χ0n) is 12.0. The number of amides is 1. The van der Waals surface area contributed by atoms with Crippen LogP contribution in [0.3, 0.4) is 0 Å². The summed E-state index contributed by atoms with van der Waals surface area (Å²) in [5, 5.41) is 12.4. The lowest BCUT2D eigenvalue weighted by atomic mass is 9.95. The molecule has 1 fully saturated rings. The lowest BCUT2D eigenvalue weighted by molar-refractivity contribution is -0.126. The number of hydrogen-bond acceptors (Lipinski definition) is 3. The third-order valence-corrected chi connectivity index (χ3v) is 4.23. The van der Waals surface area contributed by atoms with Crippen LogP contribution in [0.1, 0.15) is 43.4 Å². The van der Waals surface area contributed by atoms with Crippen LogP contribution in [0.4, 0.5) is 0 Å². The van der Waals surface area contributed by atoms with E-state index in [1.807, 2.05) is 24.3 Å². The van der Waals surface area contributed by atoms with E-state index in [0.29, 0.717) is 19.0 Å². The fourth-order valence-electron chi connectivity index (χ4n) is 2.90. The van der Waals surface area contributed by atoms with Crippen LogP contribution in [0.5, 0.6) is 0 Å². The molecule has 1 aliphatic carbocycles. The van der Waals surface area contributed by atoms with Gasteiger partial charge in [0.2, 0.25) is 5.91 Å². The van der Waals surface area contributed by atoms with Gasteiger partial charge in [-0.2, -0.15) is 0 Å². The SMILES string of the molecule is CC(O)c1ccc(CNC(=O)[C@@H]2CCC[C@@H]2CN)cc1. The quantitative estimate of drug-likeness (QED) is 0.766. The van der Waals surface area contributed by atoms with Crippen LogP contribution in [-0.4, -0.2) is 17.6 Å². The van der Waals surface area contributed by atoms with Gasteiger partial charge in [-0.3, -0.25) is 4.79 Å². The molecule has 20 heavy (non-hydrogen) atoms. The van der Waals surface area contributed by atoms with Crippen molar-refractivity contribution in [2.75, 3.05) is 6.54 Å².